The van der Waals surface area contributed by atoms with Crippen LogP contribution in [-0.2, 0) is 6.42 Å². The van der Waals surface area contributed by atoms with Crippen LogP contribution in [0.5, 0.6) is 5.75 Å². The second-order valence-corrected chi connectivity index (χ2v) is 7.63. The summed E-state index contributed by atoms with van der Waals surface area (Å²) in [4.78, 5) is 0. The van der Waals surface area contributed by atoms with Crippen LogP contribution < -0.4 is 10.1 Å². The Morgan fingerprint density at radius 3 is 3.10 bits per heavy atom. The molecule has 0 aromatic heterocycles. The molecule has 3 unspecified atom stereocenters. The molecule has 0 amide bonds. The zero-order chi connectivity index (χ0) is 13.9. The summed E-state index contributed by atoms with van der Waals surface area (Å²) in [5.74, 6) is 2.34. The van der Waals surface area contributed by atoms with Gasteiger partial charge in [0.1, 0.15) is 11.9 Å². The van der Waals surface area contributed by atoms with Crippen molar-refractivity contribution in [3.63, 3.8) is 0 Å². The van der Waals surface area contributed by atoms with E-state index in [1.165, 1.54) is 36.1 Å². The highest BCUT2D eigenvalue weighted by Crippen LogP contribution is 2.31. The number of thioether (sulfide) groups is 1. The molecule has 0 radical (unpaired) electrons. The quantitative estimate of drug-likeness (QED) is 0.896. The molecule has 3 rings (SSSR count). The topological polar surface area (TPSA) is 21.3 Å². The van der Waals surface area contributed by atoms with Crippen molar-refractivity contribution in [1.29, 1.82) is 0 Å². The Morgan fingerprint density at radius 2 is 2.25 bits per heavy atom. The fourth-order valence-corrected chi connectivity index (χ4v) is 4.52. The van der Waals surface area contributed by atoms with Crippen molar-refractivity contribution in [2.75, 3.05) is 12.3 Å². The van der Waals surface area contributed by atoms with Crippen LogP contribution in [0, 0.1) is 6.92 Å². The number of hydrogen-bond donors (Lipinski definition) is 1. The summed E-state index contributed by atoms with van der Waals surface area (Å²) < 4.78 is 6.03. The minimum Gasteiger partial charge on any atom is -0.488 e. The number of rotatable bonds is 5. The summed E-state index contributed by atoms with van der Waals surface area (Å²) in [7, 11) is 0. The Bertz CT molecular complexity index is 462. The molecule has 3 atom stereocenters. The second kappa shape index (κ2) is 6.40. The van der Waals surface area contributed by atoms with Gasteiger partial charge in [0.2, 0.25) is 0 Å². The van der Waals surface area contributed by atoms with Crippen LogP contribution in [0.3, 0.4) is 0 Å². The Kier molecular flexibility index (Phi) is 4.57. The van der Waals surface area contributed by atoms with E-state index < -0.39 is 0 Å². The van der Waals surface area contributed by atoms with Gasteiger partial charge >= 0.3 is 0 Å². The summed E-state index contributed by atoms with van der Waals surface area (Å²) in [5.41, 5.74) is 2.71. The summed E-state index contributed by atoms with van der Waals surface area (Å²) >= 11 is 2.12. The monoisotopic (exact) mass is 291 g/mol. The number of aryl methyl sites for hydroxylation is 1. The highest BCUT2D eigenvalue weighted by molar-refractivity contribution is 7.99. The van der Waals surface area contributed by atoms with E-state index in [1.54, 1.807) is 0 Å². The summed E-state index contributed by atoms with van der Waals surface area (Å²) in [5, 5.41) is 4.60. The summed E-state index contributed by atoms with van der Waals surface area (Å²) in [6, 6.07) is 7.22. The molecular weight excluding hydrogens is 266 g/mol. The third-order valence-electron chi connectivity index (χ3n) is 4.38. The molecular formula is C17H25NOS. The van der Waals surface area contributed by atoms with E-state index in [0.29, 0.717) is 12.1 Å². The van der Waals surface area contributed by atoms with Crippen molar-refractivity contribution in [1.82, 2.24) is 5.32 Å². The first-order valence-corrected chi connectivity index (χ1v) is 8.90. The summed E-state index contributed by atoms with van der Waals surface area (Å²) in [6.45, 7) is 5.40. The molecule has 1 N–H and O–H groups in total. The van der Waals surface area contributed by atoms with Crippen LogP contribution >= 0.6 is 11.8 Å². The maximum absolute atomic E-state index is 6.03. The van der Waals surface area contributed by atoms with Gasteiger partial charge in [0, 0.05) is 24.3 Å². The molecule has 2 aliphatic rings. The number of ether oxygens (including phenoxy) is 1. The van der Waals surface area contributed by atoms with Crippen molar-refractivity contribution in [3.8, 4) is 5.75 Å². The first-order chi connectivity index (χ1) is 9.74. The van der Waals surface area contributed by atoms with E-state index in [1.807, 2.05) is 0 Å². The molecule has 0 bridgehead atoms. The fourth-order valence-electron chi connectivity index (χ4n) is 3.37. The minimum absolute atomic E-state index is 0.324. The lowest BCUT2D eigenvalue weighted by Crippen LogP contribution is -2.36. The van der Waals surface area contributed by atoms with Crippen molar-refractivity contribution in [2.45, 2.75) is 56.9 Å². The molecule has 2 nitrogen and oxygen atoms in total. The molecule has 1 aromatic carbocycles. The molecule has 1 fully saturated rings. The third kappa shape index (κ3) is 3.32. The predicted molar refractivity (Wildman–Crippen MR) is 86.9 cm³/mol. The maximum atomic E-state index is 6.03. The standard InChI is InChI=1S/C17H25NOS/c1-3-20-16-6-5-14(10-16)18-11-15-9-13-8-12(2)4-7-17(13)19-15/h4,7-8,14-16,18H,3,5-6,9-11H2,1-2H3. The average molecular weight is 291 g/mol. The van der Waals surface area contributed by atoms with Crippen LogP contribution in [0.4, 0.5) is 0 Å². The zero-order valence-electron chi connectivity index (χ0n) is 12.5. The lowest BCUT2D eigenvalue weighted by Gasteiger charge is -2.16. The number of benzene rings is 1. The van der Waals surface area contributed by atoms with Crippen molar-refractivity contribution in [3.05, 3.63) is 29.3 Å². The van der Waals surface area contributed by atoms with Crippen LogP contribution in [0.15, 0.2) is 18.2 Å². The molecule has 0 spiro atoms. The highest BCUT2D eigenvalue weighted by atomic mass is 32.2. The van der Waals surface area contributed by atoms with Gasteiger partial charge in [-0.15, -0.1) is 0 Å². The van der Waals surface area contributed by atoms with Gasteiger partial charge in [-0.25, -0.2) is 0 Å². The van der Waals surface area contributed by atoms with Crippen LogP contribution in [0.2, 0.25) is 0 Å². The molecule has 20 heavy (non-hydrogen) atoms. The summed E-state index contributed by atoms with van der Waals surface area (Å²) in [6.07, 6.45) is 5.42. The van der Waals surface area contributed by atoms with Crippen LogP contribution in [0.25, 0.3) is 0 Å². The normalized spacial score (nSPS) is 28.4. The van der Waals surface area contributed by atoms with Gasteiger partial charge in [-0.2, -0.15) is 11.8 Å². The highest BCUT2D eigenvalue weighted by Gasteiger charge is 2.27. The SMILES string of the molecule is CCSC1CCC(NCC2Cc3cc(C)ccc3O2)C1. The third-order valence-corrected chi connectivity index (χ3v) is 5.61. The van der Waals surface area contributed by atoms with E-state index in [9.17, 15) is 0 Å². The van der Waals surface area contributed by atoms with Gasteiger partial charge in [0.15, 0.2) is 0 Å². The molecule has 3 heteroatoms. The lowest BCUT2D eigenvalue weighted by molar-refractivity contribution is 0.221. The minimum atomic E-state index is 0.324. The van der Waals surface area contributed by atoms with Crippen LogP contribution in [0.1, 0.15) is 37.3 Å². The second-order valence-electron chi connectivity index (χ2n) is 6.05. The predicted octanol–water partition coefficient (Wildman–Crippen LogP) is 3.56. The first kappa shape index (κ1) is 14.3. The zero-order valence-corrected chi connectivity index (χ0v) is 13.3. The number of hydrogen-bond acceptors (Lipinski definition) is 3. The van der Waals surface area contributed by atoms with Gasteiger partial charge in [-0.05, 0) is 43.6 Å². The van der Waals surface area contributed by atoms with Gasteiger partial charge in [0.05, 0.1) is 0 Å². The van der Waals surface area contributed by atoms with Gasteiger partial charge in [-0.3, -0.25) is 0 Å². The molecule has 1 aliphatic heterocycles. The van der Waals surface area contributed by atoms with Crippen molar-refractivity contribution < 1.29 is 4.74 Å². The average Bonchev–Trinajstić information content (AvgIpc) is 3.02. The molecule has 1 aromatic rings. The Labute approximate surface area is 126 Å². The Hall–Kier alpha value is -0.670. The lowest BCUT2D eigenvalue weighted by atomic mass is 10.1. The number of fused-ring (bicyclic) bond motifs is 1. The smallest absolute Gasteiger partial charge is 0.123 e. The van der Waals surface area contributed by atoms with Gasteiger partial charge in [-0.1, -0.05) is 24.6 Å². The maximum Gasteiger partial charge on any atom is 0.123 e. The van der Waals surface area contributed by atoms with Gasteiger partial charge < -0.3 is 10.1 Å². The number of nitrogens with one attached hydrogen (secondary N) is 1. The molecule has 1 heterocycles. The van der Waals surface area contributed by atoms with E-state index in [4.69, 9.17) is 4.74 Å². The molecule has 110 valence electrons. The molecule has 1 saturated carbocycles. The van der Waals surface area contributed by atoms with Crippen molar-refractivity contribution >= 4 is 11.8 Å². The van der Waals surface area contributed by atoms with Crippen LogP contribution in [-0.4, -0.2) is 29.7 Å². The van der Waals surface area contributed by atoms with E-state index in [0.717, 1.165) is 24.0 Å². The Balaban J connectivity index is 1.45. The van der Waals surface area contributed by atoms with E-state index in [2.05, 4.69) is 49.1 Å². The van der Waals surface area contributed by atoms with E-state index >= 15 is 0 Å². The Morgan fingerprint density at radius 1 is 1.35 bits per heavy atom. The first-order valence-electron chi connectivity index (χ1n) is 7.85. The fraction of sp³-hybridized carbons (Fsp3) is 0.647. The largest absolute Gasteiger partial charge is 0.488 e. The molecule has 1 aliphatic carbocycles. The van der Waals surface area contributed by atoms with E-state index in [-0.39, 0.29) is 0 Å². The molecule has 0 saturated heterocycles. The van der Waals surface area contributed by atoms with Gasteiger partial charge in [0.25, 0.3) is 0 Å². The van der Waals surface area contributed by atoms with Crippen molar-refractivity contribution in [2.24, 2.45) is 0 Å².